The van der Waals surface area contributed by atoms with Gasteiger partial charge in [0.25, 0.3) is 0 Å². The maximum Gasteiger partial charge on any atom is 1.00 e. The fraction of sp³-hybridized carbons (Fsp3) is 0.457. The number of Topliss-reactive ketones (excluding diaryl/α,β-unsaturated/α-hetero) is 1. The van der Waals surface area contributed by atoms with Gasteiger partial charge in [-0.05, 0) is 89.0 Å². The van der Waals surface area contributed by atoms with Crippen LogP contribution in [0.1, 0.15) is 37.6 Å². The molecule has 11 nitrogen and oxygen atoms in total. The summed E-state index contributed by atoms with van der Waals surface area (Å²) in [6.07, 6.45) is 2.83. The van der Waals surface area contributed by atoms with Crippen LogP contribution in [0, 0.1) is 19.8 Å². The number of benzene rings is 2. The van der Waals surface area contributed by atoms with Crippen molar-refractivity contribution in [1.82, 2.24) is 29.4 Å². The summed E-state index contributed by atoms with van der Waals surface area (Å²) in [5, 5.41) is 11.0. The average Bonchev–Trinajstić information content (AvgIpc) is 3.84. The van der Waals surface area contributed by atoms with Gasteiger partial charge in [-0.15, -0.1) is 22.6 Å². The van der Waals surface area contributed by atoms with Crippen LogP contribution in [0.2, 0.25) is 20.1 Å². The first kappa shape index (κ1) is 46.6. The third-order valence-corrected chi connectivity index (χ3v) is 10.1. The summed E-state index contributed by atoms with van der Waals surface area (Å²) < 4.78 is 15.2. The molecule has 0 saturated carbocycles. The molecular formula is C35H45Cl5N7NaO4. The first-order valence-electron chi connectivity index (χ1n) is 16.4. The SMILES string of the molecule is CC(=O)CC1CCN(CCOc2cc(C)n(-c3ccc(Cl)c(Cl)c3)n2)C1.Cc1cc(OCCN2CCC(N)C2)nn1-c1ccc(Cl)c(Cl)c1.Cl.[Na+].[OH-]. The number of nitrogens with zero attached hydrogens (tertiary/aromatic N) is 6. The molecule has 52 heavy (non-hydrogen) atoms. The van der Waals surface area contributed by atoms with Crippen LogP contribution in [0.4, 0.5) is 0 Å². The molecule has 0 spiro atoms. The zero-order chi connectivity index (χ0) is 35.1. The van der Waals surface area contributed by atoms with Crippen LogP contribution >= 0.6 is 58.8 Å². The predicted molar refractivity (Wildman–Crippen MR) is 206 cm³/mol. The molecule has 0 bridgehead atoms. The van der Waals surface area contributed by atoms with Gasteiger partial charge in [0.15, 0.2) is 0 Å². The Morgan fingerprint density at radius 2 is 1.23 bits per heavy atom. The molecule has 6 rings (SSSR count). The van der Waals surface area contributed by atoms with E-state index in [1.807, 2.05) is 38.1 Å². The molecule has 0 amide bonds. The van der Waals surface area contributed by atoms with Crippen molar-refractivity contribution < 1.29 is 49.3 Å². The molecule has 2 fully saturated rings. The molecule has 4 aromatic rings. The first-order valence-corrected chi connectivity index (χ1v) is 18.0. The standard InChI is InChI=1S/C19H23Cl2N3O2.C16H20Cl2N4O.ClH.Na.H2O/c1-13-9-19(22-24(13)16-3-4-17(20)18(21)11-16)26-8-7-23-6-5-15(12-23)10-14(2)25;1-11-8-16(23-7-6-21-5-4-12(19)10-21)20-22(11)13-2-3-14(17)15(18)9-13;;;/h3-4,9,11,15H,5-8,10,12H2,1-2H3;2-3,8-9,12H,4-7,10,19H2,1H3;1H;;1H2/q;;;+1;/p-1. The number of nitrogens with two attached hydrogens (primary N) is 1. The van der Waals surface area contributed by atoms with Gasteiger partial charge in [0.2, 0.25) is 11.8 Å². The van der Waals surface area contributed by atoms with Crippen molar-refractivity contribution >= 4 is 64.6 Å². The second-order valence-electron chi connectivity index (χ2n) is 12.7. The van der Waals surface area contributed by atoms with E-state index >= 15 is 0 Å². The number of hydrogen-bond donors (Lipinski definition) is 1. The van der Waals surface area contributed by atoms with Crippen molar-refractivity contribution in [1.29, 1.82) is 0 Å². The predicted octanol–water partition coefficient (Wildman–Crippen LogP) is 4.32. The number of ether oxygens (including phenoxy) is 2. The Kier molecular flexibility index (Phi) is 19.8. The smallest absolute Gasteiger partial charge is 0.870 e. The normalized spacial score (nSPS) is 17.0. The van der Waals surface area contributed by atoms with Crippen LogP contribution in [-0.4, -0.2) is 99.1 Å². The van der Waals surface area contributed by atoms with Gasteiger partial charge in [0.1, 0.15) is 19.0 Å². The number of halogens is 5. The van der Waals surface area contributed by atoms with Gasteiger partial charge in [-0.3, -0.25) is 9.80 Å². The first-order chi connectivity index (χ1) is 23.4. The van der Waals surface area contributed by atoms with Crippen LogP contribution in [0.5, 0.6) is 11.8 Å². The molecule has 2 unspecified atom stereocenters. The number of rotatable bonds is 12. The van der Waals surface area contributed by atoms with Crippen LogP contribution in [0.3, 0.4) is 0 Å². The van der Waals surface area contributed by atoms with Crippen molar-refractivity contribution in [2.75, 3.05) is 52.5 Å². The Bertz CT molecular complexity index is 1740. The van der Waals surface area contributed by atoms with Crippen molar-refractivity contribution in [3.63, 3.8) is 0 Å². The number of carbonyl (C=O) groups excluding carboxylic acids is 1. The zero-order valence-electron chi connectivity index (χ0n) is 29.9. The summed E-state index contributed by atoms with van der Waals surface area (Å²) >= 11 is 24.1. The molecule has 2 atom stereocenters. The number of likely N-dealkylation sites (tertiary alicyclic amines) is 2. The van der Waals surface area contributed by atoms with E-state index in [0.29, 0.717) is 63.4 Å². The maximum absolute atomic E-state index is 11.2. The summed E-state index contributed by atoms with van der Waals surface area (Å²) in [6.45, 7) is 12.5. The summed E-state index contributed by atoms with van der Waals surface area (Å²) in [7, 11) is 0. The number of aryl methyl sites for hydroxylation is 2. The minimum absolute atomic E-state index is 0. The van der Waals surface area contributed by atoms with Gasteiger partial charge in [-0.1, -0.05) is 46.4 Å². The minimum Gasteiger partial charge on any atom is -0.870 e. The summed E-state index contributed by atoms with van der Waals surface area (Å²) in [5.74, 6) is 1.96. The third kappa shape index (κ3) is 13.3. The van der Waals surface area contributed by atoms with Crippen LogP contribution in [-0.2, 0) is 4.79 Å². The van der Waals surface area contributed by atoms with E-state index in [1.165, 1.54) is 0 Å². The molecule has 0 aliphatic carbocycles. The minimum atomic E-state index is 0. The van der Waals surface area contributed by atoms with Gasteiger partial charge in [-0.2, -0.15) is 0 Å². The van der Waals surface area contributed by atoms with E-state index in [-0.39, 0.29) is 53.2 Å². The summed E-state index contributed by atoms with van der Waals surface area (Å²) in [6, 6.07) is 15.0. The molecule has 2 aliphatic rings. The topological polar surface area (TPSA) is 134 Å². The van der Waals surface area contributed by atoms with Crippen molar-refractivity contribution in [2.45, 2.75) is 46.1 Å². The molecule has 2 aromatic carbocycles. The van der Waals surface area contributed by atoms with E-state index < -0.39 is 0 Å². The molecule has 2 aromatic heterocycles. The zero-order valence-corrected chi connectivity index (χ0v) is 35.7. The van der Waals surface area contributed by atoms with E-state index in [4.69, 9.17) is 61.6 Å². The molecule has 2 saturated heterocycles. The number of hydrogen-bond acceptors (Lipinski definition) is 9. The van der Waals surface area contributed by atoms with Gasteiger partial charge in [0.05, 0.1) is 31.5 Å². The summed E-state index contributed by atoms with van der Waals surface area (Å²) in [4.78, 5) is 15.9. The molecule has 17 heteroatoms. The van der Waals surface area contributed by atoms with Crippen LogP contribution in [0.15, 0.2) is 48.5 Å². The number of aromatic nitrogens is 4. The van der Waals surface area contributed by atoms with E-state index in [1.54, 1.807) is 40.6 Å². The Morgan fingerprint density at radius 1 is 0.769 bits per heavy atom. The molecule has 2 aliphatic heterocycles. The fourth-order valence-electron chi connectivity index (χ4n) is 6.10. The second-order valence-corrected chi connectivity index (χ2v) is 14.3. The molecule has 3 N–H and O–H groups in total. The Labute approximate surface area is 354 Å². The van der Waals surface area contributed by atoms with Crippen LogP contribution < -0.4 is 44.8 Å². The number of ketones is 1. The monoisotopic (exact) mass is 825 g/mol. The van der Waals surface area contributed by atoms with E-state index in [2.05, 4.69) is 20.0 Å². The largest absolute Gasteiger partial charge is 1.00 e. The second kappa shape index (κ2) is 22.1. The molecular weight excluding hydrogens is 783 g/mol. The third-order valence-electron chi connectivity index (χ3n) is 8.60. The molecule has 0 radical (unpaired) electrons. The molecule has 280 valence electrons. The van der Waals surface area contributed by atoms with E-state index in [0.717, 1.165) is 74.9 Å². The molecule has 4 heterocycles. The van der Waals surface area contributed by atoms with Crippen molar-refractivity contribution in [3.8, 4) is 23.1 Å². The Morgan fingerprint density at radius 3 is 1.65 bits per heavy atom. The maximum atomic E-state index is 11.2. The van der Waals surface area contributed by atoms with Gasteiger partial charge < -0.3 is 25.5 Å². The van der Waals surface area contributed by atoms with Crippen LogP contribution in [0.25, 0.3) is 11.4 Å². The van der Waals surface area contributed by atoms with Crippen molar-refractivity contribution in [2.24, 2.45) is 11.7 Å². The van der Waals surface area contributed by atoms with Gasteiger partial charge in [-0.25, -0.2) is 9.36 Å². The Hall–Kier alpha value is -1.58. The summed E-state index contributed by atoms with van der Waals surface area (Å²) in [5.41, 5.74) is 9.54. The average molecular weight is 828 g/mol. The van der Waals surface area contributed by atoms with Gasteiger partial charge >= 0.3 is 29.6 Å². The van der Waals surface area contributed by atoms with Crippen molar-refractivity contribution in [3.05, 3.63) is 80.0 Å². The van der Waals surface area contributed by atoms with E-state index in [9.17, 15) is 4.79 Å². The number of carbonyl (C=O) groups is 1. The Balaban J connectivity index is 0.000000343. The quantitative estimate of drug-likeness (QED) is 0.208. The fourth-order valence-corrected chi connectivity index (χ4v) is 6.69. The van der Waals surface area contributed by atoms with Gasteiger partial charge in [0, 0.05) is 62.2 Å².